The fourth-order valence-corrected chi connectivity index (χ4v) is 3.94. The Bertz CT molecular complexity index is 566. The molecule has 0 aromatic heterocycles. The number of hydrogen-bond donors (Lipinski definition) is 1. The van der Waals surface area contributed by atoms with Crippen molar-refractivity contribution in [1.82, 2.24) is 4.13 Å². The third kappa shape index (κ3) is 1.61. The van der Waals surface area contributed by atoms with Crippen LogP contribution in [0.2, 0.25) is 0 Å². The van der Waals surface area contributed by atoms with Crippen LogP contribution in [0.5, 0.6) is 0 Å². The van der Waals surface area contributed by atoms with Crippen LogP contribution in [0.4, 0.5) is 30.7 Å². The molecule has 5 nitrogen and oxygen atoms in total. The largest absolute Gasteiger partial charge is 0.427 e. The third-order valence-corrected chi connectivity index (χ3v) is 5.48. The summed E-state index contributed by atoms with van der Waals surface area (Å²) in [6, 6.07) is 0. The normalized spacial score (nSPS) is 35.6. The maximum atomic E-state index is 12.7. The van der Waals surface area contributed by atoms with E-state index in [9.17, 15) is 47.6 Å². The van der Waals surface area contributed by atoms with Crippen LogP contribution >= 0.6 is 0 Å². The zero-order chi connectivity index (χ0) is 14.8. The molecule has 1 aliphatic heterocycles. The van der Waals surface area contributed by atoms with Gasteiger partial charge in [-0.05, 0) is 0 Å². The van der Waals surface area contributed by atoms with E-state index in [1.54, 1.807) is 0 Å². The van der Waals surface area contributed by atoms with Crippen LogP contribution in [0.25, 0.3) is 0 Å². The molecule has 1 heterocycles. The van der Waals surface area contributed by atoms with Crippen molar-refractivity contribution < 1.29 is 47.6 Å². The molecular formula is C4H2F7NO4S2. The number of sulfonamides is 2. The molecular weight excluding hydrogens is 323 g/mol. The van der Waals surface area contributed by atoms with Crippen molar-refractivity contribution in [2.75, 3.05) is 0 Å². The summed E-state index contributed by atoms with van der Waals surface area (Å²) < 4.78 is 131. The molecule has 1 rings (SSSR count). The molecule has 0 spiro atoms. The highest BCUT2D eigenvalue weighted by molar-refractivity contribution is 8.05. The predicted octanol–water partition coefficient (Wildman–Crippen LogP) is 0.408. The van der Waals surface area contributed by atoms with Crippen molar-refractivity contribution in [3.8, 4) is 0 Å². The van der Waals surface area contributed by atoms with Gasteiger partial charge in [-0.3, -0.25) is 0 Å². The first-order valence-corrected chi connectivity index (χ1v) is 6.69. The van der Waals surface area contributed by atoms with Gasteiger partial charge in [-0.2, -0.15) is 26.3 Å². The minimum atomic E-state index is -6.76. The number of hydrogen-bond acceptors (Lipinski definition) is 4. The Hall–Kier alpha value is -0.630. The van der Waals surface area contributed by atoms with Crippen molar-refractivity contribution in [3.05, 3.63) is 0 Å². The lowest BCUT2D eigenvalue weighted by atomic mass is 10.2. The molecule has 1 atom stereocenters. The average molecular weight is 325 g/mol. The van der Waals surface area contributed by atoms with Crippen molar-refractivity contribution >= 4 is 20.0 Å². The Labute approximate surface area is 95.1 Å². The van der Waals surface area contributed by atoms with E-state index in [4.69, 9.17) is 0 Å². The van der Waals surface area contributed by atoms with Crippen LogP contribution in [0.1, 0.15) is 0 Å². The summed E-state index contributed by atoms with van der Waals surface area (Å²) in [5, 5.41) is -6.52. The second kappa shape index (κ2) is 3.47. The lowest BCUT2D eigenvalue weighted by molar-refractivity contribution is -0.287. The van der Waals surface area contributed by atoms with Gasteiger partial charge in [0.2, 0.25) is 0 Å². The van der Waals surface area contributed by atoms with Gasteiger partial charge in [0.15, 0.2) is 0 Å². The second-order valence-electron chi connectivity index (χ2n) is 3.16. The van der Waals surface area contributed by atoms with E-state index in [1.807, 2.05) is 0 Å². The molecule has 0 aliphatic carbocycles. The number of alkyl halides is 7. The smallest absolute Gasteiger partial charge is 0.221 e. The van der Waals surface area contributed by atoms with E-state index in [0.29, 0.717) is 0 Å². The van der Waals surface area contributed by atoms with Crippen LogP contribution in [0, 0.1) is 0 Å². The van der Waals surface area contributed by atoms with Gasteiger partial charge in [0, 0.05) is 0 Å². The van der Waals surface area contributed by atoms with Crippen molar-refractivity contribution in [2.24, 2.45) is 0 Å². The lowest BCUT2D eigenvalue weighted by Crippen LogP contribution is -2.59. The van der Waals surface area contributed by atoms with E-state index < -0.39 is 42.6 Å². The Kier molecular flexibility index (Phi) is 2.98. The first kappa shape index (κ1) is 15.4. The van der Waals surface area contributed by atoms with Crippen molar-refractivity contribution in [3.63, 3.8) is 0 Å². The van der Waals surface area contributed by atoms with Gasteiger partial charge in [-0.25, -0.2) is 21.2 Å². The van der Waals surface area contributed by atoms with E-state index >= 15 is 0 Å². The molecule has 1 N–H and O–H groups in total. The van der Waals surface area contributed by atoms with Crippen LogP contribution in [-0.2, 0) is 20.0 Å². The first-order valence-electron chi connectivity index (χ1n) is 3.66. The highest BCUT2D eigenvalue weighted by Gasteiger charge is 2.84. The predicted molar refractivity (Wildman–Crippen MR) is 40.7 cm³/mol. The molecule has 0 saturated carbocycles. The highest BCUT2D eigenvalue weighted by Crippen LogP contribution is 2.52. The Morgan fingerprint density at radius 2 is 1.28 bits per heavy atom. The second-order valence-corrected chi connectivity index (χ2v) is 6.85. The average Bonchev–Trinajstić information content (AvgIpc) is 2.13. The fourth-order valence-electron chi connectivity index (χ4n) is 0.948. The molecule has 108 valence electrons. The summed E-state index contributed by atoms with van der Waals surface area (Å²) in [6.07, 6.45) is 0. The Morgan fingerprint density at radius 3 is 1.67 bits per heavy atom. The van der Waals surface area contributed by atoms with Crippen LogP contribution in [-0.4, -0.2) is 39.4 Å². The quantitative estimate of drug-likeness (QED) is 0.654. The molecule has 18 heavy (non-hydrogen) atoms. The van der Waals surface area contributed by atoms with Gasteiger partial charge in [0.05, 0.1) is 0 Å². The SMILES string of the molecule is O=S1(=O)NS(=O)(=O)C(F)(F)C(F)(F)C(F)(F)C1F. The van der Waals surface area contributed by atoms with E-state index in [2.05, 4.69) is 0 Å². The molecule has 0 aromatic rings. The lowest BCUT2D eigenvalue weighted by Gasteiger charge is -2.28. The van der Waals surface area contributed by atoms with Crippen LogP contribution < -0.4 is 4.13 Å². The summed E-state index contributed by atoms with van der Waals surface area (Å²) in [4.78, 5) is 0. The Morgan fingerprint density at radius 1 is 0.889 bits per heavy atom. The van der Waals surface area contributed by atoms with Crippen LogP contribution in [0.3, 0.4) is 0 Å². The minimum absolute atomic E-state index is 0.195. The van der Waals surface area contributed by atoms with E-state index in [1.165, 1.54) is 0 Å². The molecule has 0 radical (unpaired) electrons. The molecule has 1 unspecified atom stereocenters. The molecule has 0 aromatic carbocycles. The summed E-state index contributed by atoms with van der Waals surface area (Å²) >= 11 is 0. The topological polar surface area (TPSA) is 80.3 Å². The van der Waals surface area contributed by atoms with Gasteiger partial charge in [0.1, 0.15) is 0 Å². The molecule has 1 saturated heterocycles. The minimum Gasteiger partial charge on any atom is -0.221 e. The number of rotatable bonds is 0. The van der Waals surface area contributed by atoms with Crippen LogP contribution in [0.15, 0.2) is 0 Å². The molecule has 1 aliphatic rings. The molecule has 0 bridgehead atoms. The maximum absolute atomic E-state index is 12.7. The van der Waals surface area contributed by atoms with E-state index in [0.717, 1.165) is 0 Å². The standard InChI is InChI=1S/C4H2F7NO4S2/c5-1-2(6,7)3(8,9)4(10,11)18(15,16)12-17(1,13)14/h1,12H. The Balaban J connectivity index is 3.78. The summed E-state index contributed by atoms with van der Waals surface area (Å²) in [7, 11) is -13.0. The zero-order valence-corrected chi connectivity index (χ0v) is 9.31. The third-order valence-electron chi connectivity index (χ3n) is 1.91. The van der Waals surface area contributed by atoms with Crippen molar-refractivity contribution in [1.29, 1.82) is 0 Å². The fraction of sp³-hybridized carbons (Fsp3) is 1.00. The van der Waals surface area contributed by atoms with E-state index in [-0.39, 0.29) is 4.13 Å². The van der Waals surface area contributed by atoms with Gasteiger partial charge in [0.25, 0.3) is 25.6 Å². The molecule has 1 fully saturated rings. The van der Waals surface area contributed by atoms with Crippen molar-refractivity contribution in [2.45, 2.75) is 22.6 Å². The summed E-state index contributed by atoms with van der Waals surface area (Å²) in [5.41, 5.74) is -4.86. The van der Waals surface area contributed by atoms with Gasteiger partial charge in [-0.1, -0.05) is 0 Å². The number of halogens is 7. The monoisotopic (exact) mass is 325 g/mol. The molecule has 14 heteroatoms. The van der Waals surface area contributed by atoms with Gasteiger partial charge < -0.3 is 0 Å². The first-order chi connectivity index (χ1) is 7.61. The molecule has 0 amide bonds. The summed E-state index contributed by atoms with van der Waals surface area (Å²) in [5.74, 6) is -13.2. The zero-order valence-electron chi connectivity index (χ0n) is 7.67. The number of nitrogens with one attached hydrogen (secondary N) is 1. The highest BCUT2D eigenvalue weighted by atomic mass is 32.3. The maximum Gasteiger partial charge on any atom is 0.427 e. The van der Waals surface area contributed by atoms with Gasteiger partial charge >= 0.3 is 17.1 Å². The summed E-state index contributed by atoms with van der Waals surface area (Å²) in [6.45, 7) is 0. The van der Waals surface area contributed by atoms with Gasteiger partial charge in [-0.15, -0.1) is 4.13 Å².